The van der Waals surface area contributed by atoms with Crippen LogP contribution in [0.1, 0.15) is 97.4 Å². The van der Waals surface area contributed by atoms with Gasteiger partial charge in [0.25, 0.3) is 11.8 Å². The lowest BCUT2D eigenvalue weighted by Gasteiger charge is -2.42. The molecule has 2 N–H and O–H groups in total. The number of rotatable bonds is 21. The molecule has 6 amide bonds. The van der Waals surface area contributed by atoms with Crippen LogP contribution in [0.5, 0.6) is 0 Å². The Kier molecular flexibility index (Phi) is 17.9. The van der Waals surface area contributed by atoms with Gasteiger partial charge < -0.3 is 29.7 Å². The Labute approximate surface area is 385 Å². The number of ether oxygens (including phenoxy) is 1. The fraction of sp³-hybridized carbons (Fsp3) is 0.510. The predicted octanol–water partition coefficient (Wildman–Crippen LogP) is 7.50. The Hall–Kier alpha value is -5.51. The highest BCUT2D eigenvalue weighted by Crippen LogP contribution is 2.42. The minimum atomic E-state index is -0.663. The van der Waals surface area contributed by atoms with Crippen LogP contribution in [0.15, 0.2) is 72.9 Å². The summed E-state index contributed by atoms with van der Waals surface area (Å²) in [6.45, 7) is 14.0. The molecule has 16 heteroatoms. The van der Waals surface area contributed by atoms with E-state index in [1.54, 1.807) is 4.90 Å². The summed E-state index contributed by atoms with van der Waals surface area (Å²) >= 11 is 1.34. The summed E-state index contributed by atoms with van der Waals surface area (Å²) < 4.78 is 37.6. The Bertz CT molecular complexity index is 2170. The molecule has 2 aliphatic heterocycles. The van der Waals surface area contributed by atoms with Gasteiger partial charge in [-0.25, -0.2) is 13.6 Å². The third-order valence-electron chi connectivity index (χ3n) is 11.1. The minimum absolute atomic E-state index is 0.0679. The summed E-state index contributed by atoms with van der Waals surface area (Å²) in [5, 5.41) is 5.61. The van der Waals surface area contributed by atoms with Gasteiger partial charge in [-0.15, -0.1) is 0 Å². The van der Waals surface area contributed by atoms with E-state index in [9.17, 15) is 33.2 Å². The van der Waals surface area contributed by atoms with Crippen molar-refractivity contribution >= 4 is 47.4 Å². The van der Waals surface area contributed by atoms with Crippen molar-refractivity contribution in [2.24, 2.45) is 11.3 Å². The van der Waals surface area contributed by atoms with Crippen LogP contribution >= 0.6 is 11.8 Å². The number of hydrogen-bond donors (Lipinski definition) is 2. The van der Waals surface area contributed by atoms with Crippen molar-refractivity contribution in [1.82, 2.24) is 29.9 Å². The second-order valence-corrected chi connectivity index (χ2v) is 19.9. The van der Waals surface area contributed by atoms with E-state index in [-0.39, 0.29) is 66.3 Å². The van der Waals surface area contributed by atoms with Crippen LogP contribution in [-0.2, 0) is 35.3 Å². The molecule has 65 heavy (non-hydrogen) atoms. The molecule has 2 atom stereocenters. The number of hydrogen-bond acceptors (Lipinski definition) is 8. The van der Waals surface area contributed by atoms with Gasteiger partial charge in [-0.2, -0.15) is 11.8 Å². The number of nitrogens with one attached hydrogen (secondary N) is 2. The normalized spacial score (nSPS) is 15.7. The van der Waals surface area contributed by atoms with Gasteiger partial charge in [0.05, 0.1) is 11.8 Å². The van der Waals surface area contributed by atoms with E-state index in [1.807, 2.05) is 93.6 Å². The predicted molar refractivity (Wildman–Crippen MR) is 247 cm³/mol. The van der Waals surface area contributed by atoms with Gasteiger partial charge >= 0.3 is 6.09 Å². The van der Waals surface area contributed by atoms with Gasteiger partial charge in [0, 0.05) is 99.6 Å². The summed E-state index contributed by atoms with van der Waals surface area (Å²) in [5.41, 5.74) is 1.10. The zero-order valence-corrected chi connectivity index (χ0v) is 39.3. The highest BCUT2D eigenvalue weighted by Gasteiger charge is 2.40. The van der Waals surface area contributed by atoms with Gasteiger partial charge in [-0.05, 0) is 81.2 Å². The summed E-state index contributed by atoms with van der Waals surface area (Å²) in [6, 6.07) is 14.5. The molecule has 5 rings (SSSR count). The zero-order chi connectivity index (χ0) is 47.3. The number of nitrogens with zero attached hydrogens (tertiary/aromatic N) is 4. The van der Waals surface area contributed by atoms with Crippen molar-refractivity contribution in [3.63, 3.8) is 0 Å². The average molecular weight is 919 g/mol. The quantitative estimate of drug-likeness (QED) is 0.0825. The van der Waals surface area contributed by atoms with E-state index in [0.717, 1.165) is 23.4 Å². The first kappa shape index (κ1) is 50.5. The molecule has 0 radical (unpaired) electrons. The van der Waals surface area contributed by atoms with Gasteiger partial charge in [0.1, 0.15) is 17.2 Å². The number of thioether (sulfide) groups is 1. The number of halogens is 2. The van der Waals surface area contributed by atoms with Crippen molar-refractivity contribution in [3.05, 3.63) is 95.8 Å². The lowest BCUT2D eigenvalue weighted by atomic mass is 9.82. The molecule has 2 aromatic carbocycles. The summed E-state index contributed by atoms with van der Waals surface area (Å²) in [7, 11) is 0. The minimum Gasteiger partial charge on any atom is -0.444 e. The summed E-state index contributed by atoms with van der Waals surface area (Å²) in [6.07, 6.45) is 6.91. The fourth-order valence-electron chi connectivity index (χ4n) is 8.09. The molecule has 1 fully saturated rings. The maximum Gasteiger partial charge on any atom is 0.410 e. The Balaban J connectivity index is 1.23. The van der Waals surface area contributed by atoms with Crippen molar-refractivity contribution in [1.29, 1.82) is 0 Å². The van der Waals surface area contributed by atoms with Crippen molar-refractivity contribution in [2.45, 2.75) is 98.3 Å². The van der Waals surface area contributed by atoms with Crippen LogP contribution in [0.4, 0.5) is 13.6 Å². The second kappa shape index (κ2) is 23.1. The van der Waals surface area contributed by atoms with Crippen LogP contribution in [0, 0.1) is 23.0 Å². The second-order valence-electron chi connectivity index (χ2n) is 18.8. The molecule has 2 unspecified atom stereocenters. The molecule has 3 heterocycles. The number of aromatic nitrogens is 1. The van der Waals surface area contributed by atoms with E-state index in [0.29, 0.717) is 76.1 Å². The molecule has 13 nitrogen and oxygen atoms in total. The molecule has 0 saturated carbocycles. The van der Waals surface area contributed by atoms with Crippen LogP contribution in [-0.4, -0.2) is 111 Å². The molecule has 3 aromatic rings. The van der Waals surface area contributed by atoms with E-state index >= 15 is 4.39 Å². The van der Waals surface area contributed by atoms with Crippen molar-refractivity contribution in [3.8, 4) is 11.1 Å². The van der Waals surface area contributed by atoms with Gasteiger partial charge in [-0.1, -0.05) is 57.5 Å². The number of benzene rings is 2. The maximum atomic E-state index is 15.3. The molecular formula is C49H64F2N6O7S. The summed E-state index contributed by atoms with van der Waals surface area (Å²) in [4.78, 5) is 80.9. The molecule has 0 spiro atoms. The highest BCUT2D eigenvalue weighted by atomic mass is 32.2. The van der Waals surface area contributed by atoms with E-state index in [4.69, 9.17) is 4.74 Å². The molecule has 0 aliphatic carbocycles. The number of amides is 6. The Morgan fingerprint density at radius 3 is 2.22 bits per heavy atom. The van der Waals surface area contributed by atoms with E-state index < -0.39 is 34.8 Å². The van der Waals surface area contributed by atoms with Gasteiger partial charge in [0.15, 0.2) is 0 Å². The molecule has 1 saturated heterocycles. The van der Waals surface area contributed by atoms with Crippen LogP contribution in [0.3, 0.4) is 0 Å². The van der Waals surface area contributed by atoms with Gasteiger partial charge in [-0.3, -0.25) is 28.9 Å². The topological polar surface area (TPSA) is 150 Å². The van der Waals surface area contributed by atoms with E-state index in [2.05, 4.69) is 10.6 Å². The number of carbonyl (C=O) groups excluding carboxylic acids is 6. The van der Waals surface area contributed by atoms with Crippen LogP contribution in [0.2, 0.25) is 0 Å². The van der Waals surface area contributed by atoms with Crippen LogP contribution in [0.25, 0.3) is 11.1 Å². The highest BCUT2D eigenvalue weighted by molar-refractivity contribution is 7.99. The number of unbranched alkanes of at least 4 members (excludes halogenated alkanes) is 2. The van der Waals surface area contributed by atoms with Crippen molar-refractivity contribution in [2.75, 3.05) is 50.8 Å². The first-order chi connectivity index (χ1) is 30.8. The lowest BCUT2D eigenvalue weighted by molar-refractivity contribution is -0.137. The standard InChI is InChI=1S/C49H64F2N6O7S/c1-48(2,3)46(40-27-36(38-28-37(50)16-17-39(38)51)32-55(40)29-34-13-9-7-10-14-34)57(31-35-20-25-54(30-35)47(63)64-49(4,5)6)45(62)33-65-26-21-42(59)53-23-22-52-41(58)15-11-8-12-24-56-43(60)18-19-44(56)61/h7,9-10,13-14,16-19,27-28,32,35,46H,8,11-12,15,20-26,29-31,33H2,1-6H3,(H,52,58)(H,53,59). The third kappa shape index (κ3) is 15.3. The lowest BCUT2D eigenvalue weighted by Crippen LogP contribution is -2.46. The fourth-order valence-corrected chi connectivity index (χ4v) is 8.90. The number of imide groups is 1. The molecule has 0 bridgehead atoms. The third-order valence-corrected chi connectivity index (χ3v) is 12.1. The number of likely N-dealkylation sites (tertiary alicyclic amines) is 1. The monoisotopic (exact) mass is 918 g/mol. The first-order valence-electron chi connectivity index (χ1n) is 22.4. The molecule has 1 aromatic heterocycles. The Morgan fingerprint density at radius 1 is 0.877 bits per heavy atom. The average Bonchev–Trinajstić information content (AvgIpc) is 3.96. The largest absolute Gasteiger partial charge is 0.444 e. The first-order valence-corrected chi connectivity index (χ1v) is 23.6. The Morgan fingerprint density at radius 2 is 1.55 bits per heavy atom. The zero-order valence-electron chi connectivity index (χ0n) is 38.5. The smallest absolute Gasteiger partial charge is 0.410 e. The van der Waals surface area contributed by atoms with E-state index in [1.165, 1.54) is 34.9 Å². The number of carbonyl (C=O) groups is 6. The maximum absolute atomic E-state index is 15.3. The van der Waals surface area contributed by atoms with Crippen LogP contribution < -0.4 is 10.6 Å². The summed E-state index contributed by atoms with van der Waals surface area (Å²) in [5.74, 6) is -1.91. The molecular weight excluding hydrogens is 855 g/mol. The molecule has 2 aliphatic rings. The van der Waals surface area contributed by atoms with Gasteiger partial charge in [0.2, 0.25) is 17.7 Å². The molecule has 352 valence electrons. The SMILES string of the molecule is CC(C)(C)OC(=O)N1CCC(CN(C(=O)CSCCC(=O)NCCNC(=O)CCCCCN2C(=O)C=CC2=O)C(c2cc(-c3cc(F)ccc3F)cn2Cc2ccccc2)C(C)(C)C)C1. The van der Waals surface area contributed by atoms with Crippen molar-refractivity contribution < 1.29 is 42.3 Å².